The number of nitrogens with one attached hydrogen (secondary N) is 1. The van der Waals surface area contributed by atoms with Gasteiger partial charge in [-0.25, -0.2) is 0 Å². The van der Waals surface area contributed by atoms with Gasteiger partial charge in [0.25, 0.3) is 0 Å². The maximum Gasteiger partial charge on any atom is 0.0470 e. The Kier molecular flexibility index (Phi) is 7.85. The number of anilines is 5. The van der Waals surface area contributed by atoms with Gasteiger partial charge in [-0.15, -0.1) is 0 Å². The van der Waals surface area contributed by atoms with Crippen LogP contribution in [0.5, 0.6) is 0 Å². The summed E-state index contributed by atoms with van der Waals surface area (Å²) in [5.74, 6) is 0. The summed E-state index contributed by atoms with van der Waals surface area (Å²) in [7, 11) is 0. The van der Waals surface area contributed by atoms with E-state index in [0.29, 0.717) is 0 Å². The minimum atomic E-state index is -0.193. The lowest BCUT2D eigenvalue weighted by Crippen LogP contribution is -2.16. The van der Waals surface area contributed by atoms with Crippen LogP contribution in [0.4, 0.5) is 28.4 Å². The summed E-state index contributed by atoms with van der Waals surface area (Å²) in [5.41, 5.74) is 15.6. The van der Waals surface area contributed by atoms with Gasteiger partial charge in [0.05, 0.1) is 0 Å². The monoisotopic (exact) mass is 704 g/mol. The molecule has 0 aliphatic heterocycles. The topological polar surface area (TPSA) is 15.3 Å². The van der Waals surface area contributed by atoms with E-state index in [9.17, 15) is 0 Å². The number of nitrogens with zero attached hydrogens (tertiary/aromatic N) is 1. The summed E-state index contributed by atoms with van der Waals surface area (Å²) in [6.07, 6.45) is 0. The van der Waals surface area contributed by atoms with Crippen LogP contribution in [0.3, 0.4) is 0 Å². The van der Waals surface area contributed by atoms with Crippen molar-refractivity contribution in [2.24, 2.45) is 0 Å². The van der Waals surface area contributed by atoms with E-state index in [2.05, 4.69) is 224 Å². The summed E-state index contributed by atoms with van der Waals surface area (Å²) >= 11 is 0. The SMILES string of the molecule is CC1(C)c2cc(Nc3cc4ccccc4c4ccccc34)ccc2-c2ccc(N(c3ccccc3)c3ccc(-c4ccc(-c5ccccc5)cc4)cc3)cc21. The van der Waals surface area contributed by atoms with Crippen molar-refractivity contribution < 1.29 is 0 Å². The molecule has 0 spiro atoms. The van der Waals surface area contributed by atoms with Crippen LogP contribution in [0.1, 0.15) is 25.0 Å². The maximum absolute atomic E-state index is 3.82. The Balaban J connectivity index is 0.981. The minimum Gasteiger partial charge on any atom is -0.355 e. The molecule has 10 rings (SSSR count). The van der Waals surface area contributed by atoms with Crippen molar-refractivity contribution in [2.75, 3.05) is 10.2 Å². The van der Waals surface area contributed by atoms with E-state index in [4.69, 9.17) is 0 Å². The summed E-state index contributed by atoms with van der Waals surface area (Å²) in [6.45, 7) is 4.72. The largest absolute Gasteiger partial charge is 0.355 e. The number of hydrogen-bond acceptors (Lipinski definition) is 2. The molecule has 1 N–H and O–H groups in total. The number of para-hydroxylation sites is 1. The minimum absolute atomic E-state index is 0.193. The second-order valence-corrected chi connectivity index (χ2v) is 15.1. The van der Waals surface area contributed by atoms with Gasteiger partial charge in [-0.2, -0.15) is 0 Å². The molecular formula is C53H40N2. The molecule has 0 unspecified atom stereocenters. The highest BCUT2D eigenvalue weighted by atomic mass is 15.1. The average molecular weight is 705 g/mol. The maximum atomic E-state index is 3.82. The molecule has 262 valence electrons. The Morgan fingerprint density at radius 2 is 0.873 bits per heavy atom. The lowest BCUT2D eigenvalue weighted by molar-refractivity contribution is 0.660. The number of rotatable bonds is 7. The van der Waals surface area contributed by atoms with E-state index in [1.807, 2.05) is 0 Å². The first-order chi connectivity index (χ1) is 27.0. The van der Waals surface area contributed by atoms with Crippen LogP contribution >= 0.6 is 0 Å². The molecule has 0 saturated heterocycles. The summed E-state index contributed by atoms with van der Waals surface area (Å²) < 4.78 is 0. The van der Waals surface area contributed by atoms with Crippen LogP contribution in [-0.2, 0) is 5.41 Å². The third-order valence-electron chi connectivity index (χ3n) is 11.4. The molecule has 0 fully saturated rings. The van der Waals surface area contributed by atoms with Gasteiger partial charge in [0.1, 0.15) is 0 Å². The van der Waals surface area contributed by atoms with Gasteiger partial charge in [-0.1, -0.05) is 159 Å². The van der Waals surface area contributed by atoms with E-state index < -0.39 is 0 Å². The van der Waals surface area contributed by atoms with Gasteiger partial charge in [0.15, 0.2) is 0 Å². The van der Waals surface area contributed by atoms with Crippen LogP contribution in [0.25, 0.3) is 54.9 Å². The van der Waals surface area contributed by atoms with E-state index in [1.165, 1.54) is 66.1 Å². The number of fused-ring (bicyclic) bond motifs is 6. The molecule has 9 aromatic rings. The third kappa shape index (κ3) is 5.75. The van der Waals surface area contributed by atoms with Gasteiger partial charge >= 0.3 is 0 Å². The van der Waals surface area contributed by atoms with Crippen LogP contribution in [-0.4, -0.2) is 0 Å². The van der Waals surface area contributed by atoms with Crippen molar-refractivity contribution in [3.63, 3.8) is 0 Å². The van der Waals surface area contributed by atoms with Crippen molar-refractivity contribution in [1.29, 1.82) is 0 Å². The Labute approximate surface area is 323 Å². The van der Waals surface area contributed by atoms with Crippen LogP contribution in [0, 0.1) is 0 Å². The van der Waals surface area contributed by atoms with Crippen molar-refractivity contribution >= 4 is 50.0 Å². The average Bonchev–Trinajstić information content (AvgIpc) is 3.47. The van der Waals surface area contributed by atoms with Gasteiger partial charge < -0.3 is 10.2 Å². The summed E-state index contributed by atoms with van der Waals surface area (Å²) in [4.78, 5) is 2.37. The molecule has 0 saturated carbocycles. The molecule has 0 amide bonds. The van der Waals surface area contributed by atoms with Crippen molar-refractivity contribution in [1.82, 2.24) is 0 Å². The van der Waals surface area contributed by atoms with Gasteiger partial charge in [-0.05, 0) is 115 Å². The highest BCUT2D eigenvalue weighted by Gasteiger charge is 2.36. The fraction of sp³-hybridized carbons (Fsp3) is 0.0566. The normalized spacial score (nSPS) is 12.7. The van der Waals surface area contributed by atoms with E-state index in [-0.39, 0.29) is 5.41 Å². The second kappa shape index (κ2) is 13.2. The predicted octanol–water partition coefficient (Wildman–Crippen LogP) is 14.8. The Morgan fingerprint density at radius 3 is 1.56 bits per heavy atom. The zero-order valence-corrected chi connectivity index (χ0v) is 31.0. The zero-order valence-electron chi connectivity index (χ0n) is 31.0. The molecule has 1 aliphatic carbocycles. The first-order valence-corrected chi connectivity index (χ1v) is 19.1. The molecule has 9 aromatic carbocycles. The molecule has 0 aromatic heterocycles. The first-order valence-electron chi connectivity index (χ1n) is 19.1. The molecule has 1 aliphatic rings. The third-order valence-corrected chi connectivity index (χ3v) is 11.4. The Bertz CT molecular complexity index is 2840. The van der Waals surface area contributed by atoms with Crippen molar-refractivity contribution in [3.05, 3.63) is 211 Å². The summed E-state index contributed by atoms with van der Waals surface area (Å²) in [5, 5.41) is 8.83. The van der Waals surface area contributed by atoms with Crippen LogP contribution < -0.4 is 10.2 Å². The molecule has 2 heteroatoms. The number of benzene rings is 9. The van der Waals surface area contributed by atoms with Gasteiger partial charge in [0.2, 0.25) is 0 Å². The Hall–Kier alpha value is -6.90. The highest BCUT2D eigenvalue weighted by Crippen LogP contribution is 2.51. The molecular weight excluding hydrogens is 665 g/mol. The molecule has 2 nitrogen and oxygen atoms in total. The first kappa shape index (κ1) is 32.7. The highest BCUT2D eigenvalue weighted by molar-refractivity contribution is 6.13. The molecule has 0 bridgehead atoms. The lowest BCUT2D eigenvalue weighted by atomic mass is 9.82. The standard InChI is InChI=1S/C53H40N2/c1-53(2)50-34-41(54-52-33-40-15-9-10-18-45(40)46-19-11-12-20-49(46)52)27-31-47(50)48-32-30-44(35-51(48)53)55(42-16-7-4-8-17-42)43-28-25-39(26-29-43)38-23-21-37(22-24-38)36-13-5-3-6-14-36/h3-35,54H,1-2H3. The Morgan fingerprint density at radius 1 is 0.382 bits per heavy atom. The van der Waals surface area contributed by atoms with Crippen LogP contribution in [0.2, 0.25) is 0 Å². The molecule has 0 heterocycles. The molecule has 55 heavy (non-hydrogen) atoms. The fourth-order valence-corrected chi connectivity index (χ4v) is 8.57. The van der Waals surface area contributed by atoms with Crippen LogP contribution in [0.15, 0.2) is 200 Å². The van der Waals surface area contributed by atoms with Crippen molar-refractivity contribution in [2.45, 2.75) is 19.3 Å². The summed E-state index contributed by atoms with van der Waals surface area (Å²) in [6, 6.07) is 72.6. The fourth-order valence-electron chi connectivity index (χ4n) is 8.57. The smallest absolute Gasteiger partial charge is 0.0470 e. The zero-order chi connectivity index (χ0) is 36.9. The predicted molar refractivity (Wildman–Crippen MR) is 234 cm³/mol. The van der Waals surface area contributed by atoms with Crippen molar-refractivity contribution in [3.8, 4) is 33.4 Å². The number of hydrogen-bond donors (Lipinski definition) is 1. The van der Waals surface area contributed by atoms with E-state index >= 15 is 0 Å². The van der Waals surface area contributed by atoms with E-state index in [1.54, 1.807) is 0 Å². The lowest BCUT2D eigenvalue weighted by Gasteiger charge is -2.28. The molecule has 0 radical (unpaired) electrons. The van der Waals surface area contributed by atoms with E-state index in [0.717, 1.165) is 28.4 Å². The quantitative estimate of drug-likeness (QED) is 0.166. The second-order valence-electron chi connectivity index (χ2n) is 15.1. The molecule has 0 atom stereocenters. The van der Waals surface area contributed by atoms with Gasteiger partial charge in [-0.3, -0.25) is 0 Å². The van der Waals surface area contributed by atoms with Gasteiger partial charge in [0, 0.05) is 39.2 Å².